The Morgan fingerprint density at radius 2 is 1.23 bits per heavy atom. The quantitative estimate of drug-likeness (QED) is 0.471. The minimum atomic E-state index is -3.67. The first-order valence-electron chi connectivity index (χ1n) is 10.3. The Bertz CT molecular complexity index is 1120. The van der Waals surface area contributed by atoms with Crippen LogP contribution in [0.2, 0.25) is 0 Å². The Morgan fingerprint density at radius 1 is 0.806 bits per heavy atom. The lowest BCUT2D eigenvalue weighted by Gasteiger charge is -2.34. The van der Waals surface area contributed by atoms with Gasteiger partial charge in [0, 0.05) is 12.0 Å². The molecule has 0 aromatic heterocycles. The summed E-state index contributed by atoms with van der Waals surface area (Å²) in [6, 6.07) is 23.4. The molecule has 1 N–H and O–H groups in total. The molecule has 0 unspecified atom stereocenters. The maximum atomic E-state index is 13.1. The summed E-state index contributed by atoms with van der Waals surface area (Å²) < 4.78 is 29.0. The van der Waals surface area contributed by atoms with Gasteiger partial charge in [0.1, 0.15) is 0 Å². The number of hydrogen-bond donors (Lipinski definition) is 1. The lowest BCUT2D eigenvalue weighted by molar-refractivity contribution is 0.499. The highest BCUT2D eigenvalue weighted by Gasteiger charge is 2.35. The van der Waals surface area contributed by atoms with E-state index in [-0.39, 0.29) is 11.4 Å². The molecule has 0 heterocycles. The van der Waals surface area contributed by atoms with Crippen LogP contribution in [0.5, 0.6) is 0 Å². The molecular formula is C27H29NO2S. The summed E-state index contributed by atoms with van der Waals surface area (Å²) in [5, 5.41) is 0. The molecule has 0 aliphatic heterocycles. The Balaban J connectivity index is 2.09. The SMILES string of the molecule is C=C=CCC(CNS(=O)(=O)c1ccc(C)cc1)(c1ccc(C)cc1)c1ccc(C)cc1. The van der Waals surface area contributed by atoms with Crippen LogP contribution in [0.3, 0.4) is 0 Å². The van der Waals surface area contributed by atoms with Gasteiger partial charge in [0.15, 0.2) is 0 Å². The van der Waals surface area contributed by atoms with Gasteiger partial charge < -0.3 is 0 Å². The molecule has 3 aromatic carbocycles. The highest BCUT2D eigenvalue weighted by atomic mass is 32.2. The molecule has 0 fully saturated rings. The summed E-state index contributed by atoms with van der Waals surface area (Å²) in [6.07, 6.45) is 2.44. The van der Waals surface area contributed by atoms with Gasteiger partial charge in [-0.15, -0.1) is 5.73 Å². The second-order valence-electron chi connectivity index (χ2n) is 8.06. The molecule has 3 rings (SSSR count). The minimum absolute atomic E-state index is 0.216. The lowest BCUT2D eigenvalue weighted by Crippen LogP contribution is -2.41. The van der Waals surface area contributed by atoms with Crippen LogP contribution in [-0.2, 0) is 15.4 Å². The molecule has 0 aliphatic carbocycles. The van der Waals surface area contributed by atoms with Crippen LogP contribution in [0, 0.1) is 20.8 Å². The standard InChI is InChI=1S/C27H29NO2S/c1-5-6-19-27(24-13-7-21(2)8-14-24,25-15-9-22(3)10-16-25)20-28-31(29,30)26-17-11-23(4)12-18-26/h6-18,28H,1,19-20H2,2-4H3. The lowest BCUT2D eigenvalue weighted by atomic mass is 9.71. The van der Waals surface area contributed by atoms with Crippen LogP contribution in [-0.4, -0.2) is 15.0 Å². The number of nitrogens with one attached hydrogen (secondary N) is 1. The third kappa shape index (κ3) is 5.23. The van der Waals surface area contributed by atoms with Crippen molar-refractivity contribution in [3.63, 3.8) is 0 Å². The van der Waals surface area contributed by atoms with E-state index in [0.717, 1.165) is 27.8 Å². The fraction of sp³-hybridized carbons (Fsp3) is 0.222. The first kappa shape index (κ1) is 22.8. The van der Waals surface area contributed by atoms with Gasteiger partial charge in [-0.05, 0) is 56.5 Å². The van der Waals surface area contributed by atoms with Gasteiger partial charge in [0.25, 0.3) is 0 Å². The highest BCUT2D eigenvalue weighted by Crippen LogP contribution is 2.36. The van der Waals surface area contributed by atoms with E-state index in [1.807, 2.05) is 39.0 Å². The number of allylic oxidation sites excluding steroid dienone is 1. The largest absolute Gasteiger partial charge is 0.240 e. The van der Waals surface area contributed by atoms with Crippen molar-refractivity contribution in [2.45, 2.75) is 37.5 Å². The van der Waals surface area contributed by atoms with Gasteiger partial charge in [0.2, 0.25) is 10.0 Å². The summed E-state index contributed by atoms with van der Waals surface area (Å²) >= 11 is 0. The average molecular weight is 432 g/mol. The summed E-state index contributed by atoms with van der Waals surface area (Å²) in [5.74, 6) is 0. The zero-order valence-electron chi connectivity index (χ0n) is 18.4. The van der Waals surface area contributed by atoms with E-state index in [0.29, 0.717) is 6.42 Å². The number of aryl methyl sites for hydroxylation is 3. The van der Waals surface area contributed by atoms with Gasteiger partial charge in [-0.1, -0.05) is 83.9 Å². The van der Waals surface area contributed by atoms with Crippen LogP contribution in [0.4, 0.5) is 0 Å². The predicted octanol–water partition coefficient (Wildman–Crippen LogP) is 5.61. The third-order valence-electron chi connectivity index (χ3n) is 5.70. The molecular weight excluding hydrogens is 402 g/mol. The Kier molecular flexibility index (Phi) is 6.97. The van der Waals surface area contributed by atoms with Crippen LogP contribution >= 0.6 is 0 Å². The van der Waals surface area contributed by atoms with Crippen molar-refractivity contribution in [1.29, 1.82) is 0 Å². The summed E-state index contributed by atoms with van der Waals surface area (Å²) in [6.45, 7) is 9.96. The molecule has 0 amide bonds. The van der Waals surface area contributed by atoms with Crippen LogP contribution in [0.1, 0.15) is 34.2 Å². The number of benzene rings is 3. The second kappa shape index (κ2) is 9.49. The normalized spacial score (nSPS) is 11.7. The minimum Gasteiger partial charge on any atom is -0.210 e. The number of hydrogen-bond acceptors (Lipinski definition) is 2. The summed E-state index contributed by atoms with van der Waals surface area (Å²) in [7, 11) is -3.67. The summed E-state index contributed by atoms with van der Waals surface area (Å²) in [4.78, 5) is 0.263. The van der Waals surface area contributed by atoms with E-state index in [9.17, 15) is 8.42 Å². The molecule has 0 aliphatic rings. The van der Waals surface area contributed by atoms with Crippen LogP contribution in [0.15, 0.2) is 96.1 Å². The smallest absolute Gasteiger partial charge is 0.210 e. The zero-order chi connectivity index (χ0) is 22.5. The molecule has 0 atom stereocenters. The molecule has 0 spiro atoms. The molecule has 0 radical (unpaired) electrons. The van der Waals surface area contributed by atoms with Crippen molar-refractivity contribution in [2.24, 2.45) is 0 Å². The maximum absolute atomic E-state index is 13.1. The van der Waals surface area contributed by atoms with Gasteiger partial charge >= 0.3 is 0 Å². The maximum Gasteiger partial charge on any atom is 0.240 e. The van der Waals surface area contributed by atoms with Crippen LogP contribution < -0.4 is 4.72 Å². The fourth-order valence-corrected chi connectivity index (χ4v) is 4.79. The number of rotatable bonds is 8. The monoisotopic (exact) mass is 431 g/mol. The third-order valence-corrected chi connectivity index (χ3v) is 7.12. The van der Waals surface area contributed by atoms with Crippen molar-refractivity contribution in [2.75, 3.05) is 6.54 Å². The highest BCUT2D eigenvalue weighted by molar-refractivity contribution is 7.89. The van der Waals surface area contributed by atoms with Crippen molar-refractivity contribution in [1.82, 2.24) is 4.72 Å². The zero-order valence-corrected chi connectivity index (χ0v) is 19.2. The van der Waals surface area contributed by atoms with Gasteiger partial charge in [-0.3, -0.25) is 0 Å². The first-order valence-corrected chi connectivity index (χ1v) is 11.8. The predicted molar refractivity (Wildman–Crippen MR) is 128 cm³/mol. The Hall–Kier alpha value is -2.91. The van der Waals surface area contributed by atoms with E-state index >= 15 is 0 Å². The van der Waals surface area contributed by atoms with Crippen LogP contribution in [0.25, 0.3) is 0 Å². The topological polar surface area (TPSA) is 46.2 Å². The van der Waals surface area contributed by atoms with E-state index in [1.54, 1.807) is 12.1 Å². The Morgan fingerprint density at radius 3 is 1.65 bits per heavy atom. The van der Waals surface area contributed by atoms with Gasteiger partial charge in [0.05, 0.1) is 4.90 Å². The van der Waals surface area contributed by atoms with Crippen molar-refractivity contribution in [3.05, 3.63) is 119 Å². The molecule has 31 heavy (non-hydrogen) atoms. The molecule has 0 saturated carbocycles. The molecule has 3 aromatic rings. The molecule has 4 heteroatoms. The second-order valence-corrected chi connectivity index (χ2v) is 9.83. The molecule has 0 bridgehead atoms. The van der Waals surface area contributed by atoms with E-state index in [2.05, 4.69) is 65.6 Å². The van der Waals surface area contributed by atoms with Crippen molar-refractivity contribution in [3.8, 4) is 0 Å². The summed E-state index contributed by atoms with van der Waals surface area (Å²) in [5.41, 5.74) is 7.68. The van der Waals surface area contributed by atoms with Gasteiger partial charge in [-0.25, -0.2) is 13.1 Å². The first-order chi connectivity index (χ1) is 14.8. The average Bonchev–Trinajstić information content (AvgIpc) is 2.76. The molecule has 3 nitrogen and oxygen atoms in total. The molecule has 160 valence electrons. The molecule has 0 saturated heterocycles. The van der Waals surface area contributed by atoms with E-state index in [4.69, 9.17) is 0 Å². The van der Waals surface area contributed by atoms with Gasteiger partial charge in [-0.2, -0.15) is 0 Å². The van der Waals surface area contributed by atoms with Crippen molar-refractivity contribution >= 4 is 10.0 Å². The van der Waals surface area contributed by atoms with E-state index < -0.39 is 15.4 Å². The Labute approximate surface area is 186 Å². The van der Waals surface area contributed by atoms with E-state index in [1.165, 1.54) is 0 Å². The number of sulfonamides is 1. The van der Waals surface area contributed by atoms with Crippen molar-refractivity contribution < 1.29 is 8.42 Å². The fourth-order valence-electron chi connectivity index (χ4n) is 3.69.